The molecule has 2 heteroatoms. The van der Waals surface area contributed by atoms with Gasteiger partial charge in [0.05, 0.1) is 0 Å². The van der Waals surface area contributed by atoms with E-state index in [9.17, 15) is 0 Å². The molecule has 0 aromatic heterocycles. The van der Waals surface area contributed by atoms with Gasteiger partial charge < -0.3 is 9.47 Å². The van der Waals surface area contributed by atoms with Crippen molar-refractivity contribution < 1.29 is 9.47 Å². The quantitative estimate of drug-likeness (QED) is 0.745. The maximum absolute atomic E-state index is 6.14. The second kappa shape index (κ2) is 4.44. The largest absolute Gasteiger partial charge is 0.451 e. The van der Waals surface area contributed by atoms with E-state index in [1.54, 1.807) is 0 Å². The lowest BCUT2D eigenvalue weighted by atomic mass is 9.89. The molecule has 1 saturated carbocycles. The molecule has 1 fully saturated rings. The fraction of sp³-hybridized carbons (Fsp3) is 0.412. The number of hydrogen-bond acceptors (Lipinski definition) is 2. The van der Waals surface area contributed by atoms with Crippen LogP contribution in [-0.4, -0.2) is 6.29 Å². The standard InChI is InChI=1S/C17H18O2/c1-2-7-13(8-3-1)17-18-15-11-10-12-6-4-5-9-14(12)16(15)19-17/h4-6,9-11,13,17H,1-3,7-8H2. The van der Waals surface area contributed by atoms with Crippen molar-refractivity contribution >= 4 is 10.8 Å². The molecule has 2 aromatic rings. The summed E-state index contributed by atoms with van der Waals surface area (Å²) in [5, 5.41) is 2.38. The van der Waals surface area contributed by atoms with Gasteiger partial charge in [-0.2, -0.15) is 0 Å². The Kier molecular flexibility index (Phi) is 2.61. The molecule has 19 heavy (non-hydrogen) atoms. The molecule has 98 valence electrons. The van der Waals surface area contributed by atoms with E-state index in [4.69, 9.17) is 9.47 Å². The summed E-state index contributed by atoms with van der Waals surface area (Å²) in [6, 6.07) is 12.5. The molecule has 4 rings (SSSR count). The van der Waals surface area contributed by atoms with Crippen molar-refractivity contribution in [1.29, 1.82) is 0 Å². The zero-order chi connectivity index (χ0) is 12.7. The molecule has 0 bridgehead atoms. The van der Waals surface area contributed by atoms with E-state index < -0.39 is 0 Å². The Labute approximate surface area is 113 Å². The Balaban J connectivity index is 1.67. The first-order valence-corrected chi connectivity index (χ1v) is 7.27. The molecular formula is C17H18O2. The van der Waals surface area contributed by atoms with Gasteiger partial charge in [-0.05, 0) is 24.3 Å². The van der Waals surface area contributed by atoms with Crippen LogP contribution in [-0.2, 0) is 0 Å². The van der Waals surface area contributed by atoms with E-state index in [2.05, 4.69) is 30.3 Å². The van der Waals surface area contributed by atoms with E-state index in [0.29, 0.717) is 5.92 Å². The fourth-order valence-corrected chi connectivity index (χ4v) is 3.30. The molecule has 0 radical (unpaired) electrons. The Bertz CT molecular complexity index is 599. The number of rotatable bonds is 1. The Morgan fingerprint density at radius 3 is 2.58 bits per heavy atom. The van der Waals surface area contributed by atoms with Crippen LogP contribution in [0.1, 0.15) is 32.1 Å². The van der Waals surface area contributed by atoms with Gasteiger partial charge in [0.15, 0.2) is 11.5 Å². The topological polar surface area (TPSA) is 18.5 Å². The summed E-state index contributed by atoms with van der Waals surface area (Å²) in [6.45, 7) is 0. The summed E-state index contributed by atoms with van der Waals surface area (Å²) in [6.07, 6.45) is 6.38. The van der Waals surface area contributed by atoms with E-state index >= 15 is 0 Å². The Morgan fingerprint density at radius 1 is 0.842 bits per heavy atom. The summed E-state index contributed by atoms with van der Waals surface area (Å²) >= 11 is 0. The second-order valence-corrected chi connectivity index (χ2v) is 5.62. The summed E-state index contributed by atoms with van der Waals surface area (Å²) in [5.74, 6) is 2.41. The summed E-state index contributed by atoms with van der Waals surface area (Å²) in [7, 11) is 0. The first-order valence-electron chi connectivity index (χ1n) is 7.27. The van der Waals surface area contributed by atoms with Gasteiger partial charge in [0, 0.05) is 11.3 Å². The summed E-state index contributed by atoms with van der Waals surface area (Å²) in [5.41, 5.74) is 0. The lowest BCUT2D eigenvalue weighted by Gasteiger charge is -2.25. The van der Waals surface area contributed by atoms with Crippen molar-refractivity contribution in [2.45, 2.75) is 38.4 Å². The van der Waals surface area contributed by atoms with Crippen LogP contribution in [0.5, 0.6) is 11.5 Å². The van der Waals surface area contributed by atoms with Gasteiger partial charge >= 0.3 is 0 Å². The van der Waals surface area contributed by atoms with E-state index in [-0.39, 0.29) is 6.29 Å². The molecule has 0 N–H and O–H groups in total. The van der Waals surface area contributed by atoms with Crippen molar-refractivity contribution in [3.63, 3.8) is 0 Å². The van der Waals surface area contributed by atoms with Crippen molar-refractivity contribution in [1.82, 2.24) is 0 Å². The Morgan fingerprint density at radius 2 is 1.68 bits per heavy atom. The van der Waals surface area contributed by atoms with E-state index in [1.807, 2.05) is 6.07 Å². The van der Waals surface area contributed by atoms with Crippen LogP contribution in [0.3, 0.4) is 0 Å². The monoisotopic (exact) mass is 254 g/mol. The maximum atomic E-state index is 6.14. The van der Waals surface area contributed by atoms with Crippen LogP contribution in [0.4, 0.5) is 0 Å². The highest BCUT2D eigenvalue weighted by Crippen LogP contribution is 2.44. The SMILES string of the molecule is c1ccc2c3c(ccc2c1)OC(C1CCCCC1)O3. The maximum Gasteiger partial charge on any atom is 0.244 e. The van der Waals surface area contributed by atoms with Crippen LogP contribution in [0.25, 0.3) is 10.8 Å². The van der Waals surface area contributed by atoms with Gasteiger partial charge in [0.1, 0.15) is 0 Å². The van der Waals surface area contributed by atoms with E-state index in [0.717, 1.165) is 11.5 Å². The first kappa shape index (κ1) is 11.2. The lowest BCUT2D eigenvalue weighted by Crippen LogP contribution is -2.30. The van der Waals surface area contributed by atoms with Gasteiger partial charge in [0.25, 0.3) is 0 Å². The van der Waals surface area contributed by atoms with Gasteiger partial charge in [-0.1, -0.05) is 49.6 Å². The number of benzene rings is 2. The molecular weight excluding hydrogens is 236 g/mol. The Hall–Kier alpha value is -1.70. The zero-order valence-corrected chi connectivity index (χ0v) is 11.0. The molecule has 1 aliphatic heterocycles. The van der Waals surface area contributed by atoms with Crippen LogP contribution in [0.2, 0.25) is 0 Å². The number of ether oxygens (including phenoxy) is 2. The summed E-state index contributed by atoms with van der Waals surface area (Å²) in [4.78, 5) is 0. The van der Waals surface area contributed by atoms with Crippen LogP contribution in [0, 0.1) is 5.92 Å². The van der Waals surface area contributed by atoms with Crippen molar-refractivity contribution in [3.8, 4) is 11.5 Å². The zero-order valence-electron chi connectivity index (χ0n) is 11.0. The first-order chi connectivity index (χ1) is 9.42. The number of hydrogen-bond donors (Lipinski definition) is 0. The fourth-order valence-electron chi connectivity index (χ4n) is 3.30. The van der Waals surface area contributed by atoms with Crippen molar-refractivity contribution in [2.24, 2.45) is 5.92 Å². The van der Waals surface area contributed by atoms with Crippen molar-refractivity contribution in [2.75, 3.05) is 0 Å². The average molecular weight is 254 g/mol. The van der Waals surface area contributed by atoms with Crippen LogP contribution >= 0.6 is 0 Å². The highest BCUT2D eigenvalue weighted by Gasteiger charge is 2.33. The molecule has 1 aliphatic carbocycles. The minimum Gasteiger partial charge on any atom is -0.451 e. The van der Waals surface area contributed by atoms with Gasteiger partial charge in [-0.15, -0.1) is 0 Å². The third-order valence-electron chi connectivity index (χ3n) is 4.36. The predicted octanol–water partition coefficient (Wildman–Crippen LogP) is 4.52. The van der Waals surface area contributed by atoms with Crippen LogP contribution in [0.15, 0.2) is 36.4 Å². The molecule has 1 unspecified atom stereocenters. The van der Waals surface area contributed by atoms with Crippen LogP contribution < -0.4 is 9.47 Å². The second-order valence-electron chi connectivity index (χ2n) is 5.62. The van der Waals surface area contributed by atoms with E-state index in [1.165, 1.54) is 42.9 Å². The molecule has 1 atom stereocenters. The lowest BCUT2D eigenvalue weighted by molar-refractivity contribution is -0.0169. The van der Waals surface area contributed by atoms with Crippen molar-refractivity contribution in [3.05, 3.63) is 36.4 Å². The summed E-state index contributed by atoms with van der Waals surface area (Å²) < 4.78 is 12.2. The minimum atomic E-state index is -0.0684. The molecule has 2 nitrogen and oxygen atoms in total. The minimum absolute atomic E-state index is 0.0684. The third kappa shape index (κ3) is 1.86. The third-order valence-corrected chi connectivity index (χ3v) is 4.36. The normalized spacial score (nSPS) is 22.8. The molecule has 2 aliphatic rings. The van der Waals surface area contributed by atoms with Gasteiger partial charge in [0.2, 0.25) is 6.29 Å². The molecule has 2 aromatic carbocycles. The average Bonchev–Trinajstić information content (AvgIpc) is 2.93. The highest BCUT2D eigenvalue weighted by molar-refractivity contribution is 5.91. The molecule has 1 heterocycles. The highest BCUT2D eigenvalue weighted by atomic mass is 16.7. The molecule has 0 saturated heterocycles. The predicted molar refractivity (Wildman–Crippen MR) is 75.6 cm³/mol. The smallest absolute Gasteiger partial charge is 0.244 e. The molecule has 0 amide bonds. The van der Waals surface area contributed by atoms with Gasteiger partial charge in [-0.25, -0.2) is 0 Å². The van der Waals surface area contributed by atoms with Gasteiger partial charge in [-0.3, -0.25) is 0 Å². The number of fused-ring (bicyclic) bond motifs is 3. The molecule has 0 spiro atoms.